The minimum absolute atomic E-state index is 0.0708. The van der Waals surface area contributed by atoms with Crippen molar-refractivity contribution in [2.45, 2.75) is 12.5 Å². The third-order valence-corrected chi connectivity index (χ3v) is 5.34. The van der Waals surface area contributed by atoms with Crippen LogP contribution in [0.1, 0.15) is 17.0 Å². The number of aromatic nitrogens is 2. The Balaban J connectivity index is 1.44. The van der Waals surface area contributed by atoms with Gasteiger partial charge in [0.2, 0.25) is 0 Å². The molecule has 6 heteroatoms. The monoisotopic (exact) mass is 339 g/mol. The molecule has 1 atom stereocenters. The second-order valence-corrected chi connectivity index (χ2v) is 7.43. The normalized spacial score (nSPS) is 20.4. The standard InChI is InChI=1S/C19H25N5O/c1-21(2)19(25)24-13-17(16-6-4-5-7-18(16)24)15-11-23(12-15)10-14-8-20-22(3)9-14/h4-9,15,17H,10-13H2,1-3H3. The Hall–Kier alpha value is -2.34. The van der Waals surface area contributed by atoms with Crippen molar-refractivity contribution >= 4 is 11.7 Å². The van der Waals surface area contributed by atoms with Gasteiger partial charge in [0.05, 0.1) is 6.20 Å². The van der Waals surface area contributed by atoms with Gasteiger partial charge >= 0.3 is 6.03 Å². The maximum absolute atomic E-state index is 12.5. The Bertz CT molecular complexity index is 778. The van der Waals surface area contributed by atoms with Gasteiger partial charge in [-0.3, -0.25) is 14.5 Å². The number of hydrogen-bond acceptors (Lipinski definition) is 3. The van der Waals surface area contributed by atoms with Crippen LogP contribution in [-0.2, 0) is 13.6 Å². The molecule has 1 fully saturated rings. The number of aryl methyl sites for hydroxylation is 1. The number of likely N-dealkylation sites (tertiary alicyclic amines) is 1. The van der Waals surface area contributed by atoms with Crippen molar-refractivity contribution in [3.63, 3.8) is 0 Å². The van der Waals surface area contributed by atoms with Gasteiger partial charge in [-0.1, -0.05) is 18.2 Å². The van der Waals surface area contributed by atoms with E-state index in [0.29, 0.717) is 11.8 Å². The molecule has 0 radical (unpaired) electrons. The lowest BCUT2D eigenvalue weighted by Crippen LogP contribution is -2.49. The molecule has 0 spiro atoms. The van der Waals surface area contributed by atoms with Crippen LogP contribution in [0.15, 0.2) is 36.7 Å². The molecule has 3 heterocycles. The van der Waals surface area contributed by atoms with E-state index in [4.69, 9.17) is 0 Å². The van der Waals surface area contributed by atoms with E-state index in [2.05, 4.69) is 34.4 Å². The minimum atomic E-state index is 0.0708. The first-order valence-electron chi connectivity index (χ1n) is 8.80. The van der Waals surface area contributed by atoms with Crippen molar-refractivity contribution in [2.24, 2.45) is 13.0 Å². The molecule has 2 aromatic rings. The Morgan fingerprint density at radius 1 is 1.24 bits per heavy atom. The molecule has 25 heavy (non-hydrogen) atoms. The van der Waals surface area contributed by atoms with Gasteiger partial charge in [-0.25, -0.2) is 4.79 Å². The van der Waals surface area contributed by atoms with Gasteiger partial charge in [0, 0.05) is 70.7 Å². The fourth-order valence-electron chi connectivity index (χ4n) is 4.07. The molecule has 0 aliphatic carbocycles. The molecule has 1 aromatic carbocycles. The SMILES string of the molecule is CN(C)C(=O)N1CC(C2CN(Cc3cnn(C)c3)C2)c2ccccc21. The summed E-state index contributed by atoms with van der Waals surface area (Å²) in [7, 11) is 5.59. The van der Waals surface area contributed by atoms with Crippen LogP contribution >= 0.6 is 0 Å². The number of carbonyl (C=O) groups excluding carboxylic acids is 1. The Kier molecular flexibility index (Phi) is 4.00. The van der Waals surface area contributed by atoms with E-state index in [1.807, 2.05) is 43.0 Å². The van der Waals surface area contributed by atoms with Crippen molar-refractivity contribution < 1.29 is 4.79 Å². The zero-order valence-corrected chi connectivity index (χ0v) is 15.1. The quantitative estimate of drug-likeness (QED) is 0.861. The highest BCUT2D eigenvalue weighted by atomic mass is 16.2. The molecule has 1 saturated heterocycles. The van der Waals surface area contributed by atoms with Crippen molar-refractivity contribution in [3.8, 4) is 0 Å². The number of nitrogens with zero attached hydrogens (tertiary/aromatic N) is 5. The molecule has 0 N–H and O–H groups in total. The van der Waals surface area contributed by atoms with Gasteiger partial charge in [0.25, 0.3) is 0 Å². The largest absolute Gasteiger partial charge is 0.330 e. The Morgan fingerprint density at radius 3 is 2.68 bits per heavy atom. The summed E-state index contributed by atoms with van der Waals surface area (Å²) in [5.74, 6) is 1.04. The van der Waals surface area contributed by atoms with E-state index in [1.54, 1.807) is 4.90 Å². The van der Waals surface area contributed by atoms with Crippen LogP contribution in [0.25, 0.3) is 0 Å². The number of benzene rings is 1. The zero-order chi connectivity index (χ0) is 17.6. The first-order valence-corrected chi connectivity index (χ1v) is 8.80. The van der Waals surface area contributed by atoms with E-state index >= 15 is 0 Å². The molecule has 1 unspecified atom stereocenters. The summed E-state index contributed by atoms with van der Waals surface area (Å²) in [5.41, 5.74) is 3.66. The van der Waals surface area contributed by atoms with Crippen molar-refractivity contribution in [1.29, 1.82) is 0 Å². The van der Waals surface area contributed by atoms with E-state index < -0.39 is 0 Å². The number of hydrogen-bond donors (Lipinski definition) is 0. The summed E-state index contributed by atoms with van der Waals surface area (Å²) in [6, 6.07) is 8.44. The molecule has 6 nitrogen and oxygen atoms in total. The number of para-hydroxylation sites is 1. The van der Waals surface area contributed by atoms with Crippen LogP contribution in [0.4, 0.5) is 10.5 Å². The van der Waals surface area contributed by atoms with Crippen LogP contribution < -0.4 is 4.90 Å². The number of anilines is 1. The van der Waals surface area contributed by atoms with Crippen molar-refractivity contribution in [1.82, 2.24) is 19.6 Å². The number of rotatable bonds is 3. The van der Waals surface area contributed by atoms with Crippen molar-refractivity contribution in [3.05, 3.63) is 47.8 Å². The highest BCUT2D eigenvalue weighted by Gasteiger charge is 2.41. The molecule has 2 aliphatic heterocycles. The van der Waals surface area contributed by atoms with Gasteiger partial charge in [0.1, 0.15) is 0 Å². The minimum Gasteiger partial charge on any atom is -0.330 e. The summed E-state index contributed by atoms with van der Waals surface area (Å²) in [4.78, 5) is 18.6. The van der Waals surface area contributed by atoms with Crippen LogP contribution in [0.3, 0.4) is 0 Å². The maximum atomic E-state index is 12.5. The van der Waals surface area contributed by atoms with E-state index in [1.165, 1.54) is 11.1 Å². The van der Waals surface area contributed by atoms with E-state index in [0.717, 1.165) is 31.9 Å². The fraction of sp³-hybridized carbons (Fsp3) is 0.474. The average molecular weight is 339 g/mol. The summed E-state index contributed by atoms with van der Waals surface area (Å²) in [6.45, 7) is 3.91. The van der Waals surface area contributed by atoms with Gasteiger partial charge in [-0.15, -0.1) is 0 Å². The molecule has 0 saturated carbocycles. The van der Waals surface area contributed by atoms with Crippen LogP contribution in [0, 0.1) is 5.92 Å². The molecule has 132 valence electrons. The number of amides is 2. The lowest BCUT2D eigenvalue weighted by atomic mass is 9.82. The maximum Gasteiger partial charge on any atom is 0.323 e. The second-order valence-electron chi connectivity index (χ2n) is 7.43. The van der Waals surface area contributed by atoms with Gasteiger partial charge < -0.3 is 4.90 Å². The summed E-state index contributed by atoms with van der Waals surface area (Å²) in [5, 5.41) is 4.24. The predicted molar refractivity (Wildman–Crippen MR) is 97.6 cm³/mol. The summed E-state index contributed by atoms with van der Waals surface area (Å²) < 4.78 is 1.85. The van der Waals surface area contributed by atoms with Crippen LogP contribution in [0.5, 0.6) is 0 Å². The topological polar surface area (TPSA) is 44.6 Å². The van der Waals surface area contributed by atoms with Gasteiger partial charge in [0.15, 0.2) is 0 Å². The smallest absolute Gasteiger partial charge is 0.323 e. The number of fused-ring (bicyclic) bond motifs is 1. The second kappa shape index (κ2) is 6.19. The Labute approximate surface area is 148 Å². The third-order valence-electron chi connectivity index (χ3n) is 5.34. The summed E-state index contributed by atoms with van der Waals surface area (Å²) >= 11 is 0. The Morgan fingerprint density at radius 2 is 2.00 bits per heavy atom. The molecular formula is C19H25N5O. The van der Waals surface area contributed by atoms with Crippen LogP contribution in [0.2, 0.25) is 0 Å². The first-order chi connectivity index (χ1) is 12.0. The lowest BCUT2D eigenvalue weighted by Gasteiger charge is -2.42. The zero-order valence-electron chi connectivity index (χ0n) is 15.1. The van der Waals surface area contributed by atoms with Crippen molar-refractivity contribution in [2.75, 3.05) is 38.6 Å². The molecule has 2 amide bonds. The first kappa shape index (κ1) is 16.1. The van der Waals surface area contributed by atoms with Gasteiger partial charge in [-0.05, 0) is 17.5 Å². The highest BCUT2D eigenvalue weighted by molar-refractivity contribution is 5.94. The summed E-state index contributed by atoms with van der Waals surface area (Å²) in [6.07, 6.45) is 4.02. The van der Waals surface area contributed by atoms with E-state index in [-0.39, 0.29) is 6.03 Å². The van der Waals surface area contributed by atoms with Gasteiger partial charge in [-0.2, -0.15) is 5.10 Å². The lowest BCUT2D eigenvalue weighted by molar-refractivity contribution is 0.0762. The molecule has 2 aliphatic rings. The number of urea groups is 1. The fourth-order valence-corrected chi connectivity index (χ4v) is 4.07. The average Bonchev–Trinajstić information content (AvgIpc) is 3.13. The number of carbonyl (C=O) groups is 1. The molecule has 1 aromatic heterocycles. The molecule has 4 rings (SSSR count). The van der Waals surface area contributed by atoms with E-state index in [9.17, 15) is 4.79 Å². The molecular weight excluding hydrogens is 314 g/mol. The third kappa shape index (κ3) is 2.91. The molecule has 0 bridgehead atoms. The highest BCUT2D eigenvalue weighted by Crippen LogP contribution is 2.43. The predicted octanol–water partition coefficient (Wildman–Crippen LogP) is 2.14. The van der Waals surface area contributed by atoms with Crippen LogP contribution in [-0.4, -0.2) is 59.3 Å².